The largest absolute Gasteiger partial charge is 0.389 e. The summed E-state index contributed by atoms with van der Waals surface area (Å²) in [5, 5.41) is 11.9. The average Bonchev–Trinajstić information content (AvgIpc) is 3.40. The zero-order chi connectivity index (χ0) is 20.1. The van der Waals surface area contributed by atoms with Crippen LogP contribution in [0.4, 0.5) is 0 Å². The number of hydrogen-bond donors (Lipinski definition) is 1. The van der Waals surface area contributed by atoms with Gasteiger partial charge in [0.05, 0.1) is 5.60 Å². The SMILES string of the molecule is C[C@]12CC[C@H]3[C@@H](CC[C@@]45O[C@@H]4C(=O)CC[C@]35C)[C@@H]1CC[C@@]2(O)Cc1ccccn1. The molecule has 4 heteroatoms. The average molecular weight is 396 g/mol. The first-order chi connectivity index (χ1) is 13.8. The third-order valence-electron chi connectivity index (χ3n) is 10.5. The Morgan fingerprint density at radius 2 is 1.86 bits per heavy atom. The number of hydrogen-bond acceptors (Lipinski definition) is 4. The number of aliphatic hydroxyl groups is 1. The number of ketones is 1. The zero-order valence-electron chi connectivity index (χ0n) is 17.7. The first-order valence-electron chi connectivity index (χ1n) is 11.7. The van der Waals surface area contributed by atoms with Crippen LogP contribution in [0.25, 0.3) is 0 Å². The molecular weight excluding hydrogens is 362 g/mol. The van der Waals surface area contributed by atoms with Crippen LogP contribution >= 0.6 is 0 Å². The molecule has 1 aliphatic heterocycles. The summed E-state index contributed by atoms with van der Waals surface area (Å²) in [5.74, 6) is 2.19. The van der Waals surface area contributed by atoms with Crippen molar-refractivity contribution in [2.75, 3.05) is 0 Å². The molecule has 0 bridgehead atoms. The number of fused-ring (bicyclic) bond motifs is 4. The Morgan fingerprint density at radius 1 is 1.07 bits per heavy atom. The van der Waals surface area contributed by atoms with Crippen molar-refractivity contribution in [3.05, 3.63) is 30.1 Å². The molecule has 5 aliphatic rings. The molecule has 4 nitrogen and oxygen atoms in total. The predicted octanol–water partition coefficient (Wildman–Crippen LogP) is 4.10. The number of aromatic nitrogens is 1. The molecule has 1 N–H and O–H groups in total. The van der Waals surface area contributed by atoms with Gasteiger partial charge in [-0.15, -0.1) is 0 Å². The molecule has 6 rings (SSSR count). The van der Waals surface area contributed by atoms with Gasteiger partial charge in [0.2, 0.25) is 0 Å². The van der Waals surface area contributed by atoms with Crippen LogP contribution < -0.4 is 0 Å². The maximum absolute atomic E-state index is 12.3. The molecule has 4 saturated carbocycles. The van der Waals surface area contributed by atoms with Crippen molar-refractivity contribution >= 4 is 5.78 Å². The minimum Gasteiger partial charge on any atom is -0.389 e. The number of pyridine rings is 1. The summed E-state index contributed by atoms with van der Waals surface area (Å²) in [5.41, 5.74) is 0.292. The van der Waals surface area contributed by atoms with Crippen molar-refractivity contribution in [2.45, 2.75) is 88.9 Å². The number of nitrogens with zero attached hydrogens (tertiary/aromatic N) is 1. The first-order valence-corrected chi connectivity index (χ1v) is 11.7. The fourth-order valence-corrected chi connectivity index (χ4v) is 8.70. The Balaban J connectivity index is 1.30. The van der Waals surface area contributed by atoms with E-state index in [9.17, 15) is 9.90 Å². The van der Waals surface area contributed by atoms with Gasteiger partial charge in [-0.2, -0.15) is 0 Å². The van der Waals surface area contributed by atoms with Gasteiger partial charge in [0, 0.05) is 30.1 Å². The normalized spacial score (nSPS) is 52.9. The summed E-state index contributed by atoms with van der Waals surface area (Å²) < 4.78 is 6.18. The van der Waals surface area contributed by atoms with Crippen LogP contribution in [0, 0.1) is 28.6 Å². The molecule has 0 unspecified atom stereocenters. The van der Waals surface area contributed by atoms with Crippen LogP contribution in [-0.2, 0) is 16.0 Å². The van der Waals surface area contributed by atoms with E-state index in [1.807, 2.05) is 18.3 Å². The van der Waals surface area contributed by atoms with Crippen LogP contribution in [0.1, 0.15) is 70.9 Å². The van der Waals surface area contributed by atoms with Gasteiger partial charge >= 0.3 is 0 Å². The number of carbonyl (C=O) groups excluding carboxylic acids is 1. The van der Waals surface area contributed by atoms with Crippen LogP contribution in [0.3, 0.4) is 0 Å². The lowest BCUT2D eigenvalue weighted by Crippen LogP contribution is -2.60. The van der Waals surface area contributed by atoms with E-state index in [4.69, 9.17) is 4.74 Å². The lowest BCUT2D eigenvalue weighted by atomic mass is 9.44. The molecular formula is C25H33NO3. The molecule has 0 radical (unpaired) electrons. The molecule has 29 heavy (non-hydrogen) atoms. The molecule has 1 aromatic heterocycles. The van der Waals surface area contributed by atoms with E-state index in [0.29, 0.717) is 36.4 Å². The summed E-state index contributed by atoms with van der Waals surface area (Å²) in [6, 6.07) is 6.02. The fraction of sp³-hybridized carbons (Fsp3) is 0.760. The maximum atomic E-state index is 12.3. The monoisotopic (exact) mass is 395 g/mol. The topological polar surface area (TPSA) is 62.7 Å². The summed E-state index contributed by atoms with van der Waals surface area (Å²) in [6.07, 6.45) is 10.5. The van der Waals surface area contributed by atoms with Gasteiger partial charge < -0.3 is 9.84 Å². The highest BCUT2D eigenvalue weighted by molar-refractivity contribution is 5.88. The van der Waals surface area contributed by atoms with E-state index in [1.165, 1.54) is 0 Å². The lowest BCUT2D eigenvalue weighted by Gasteiger charge is -2.60. The molecule has 1 aromatic rings. The van der Waals surface area contributed by atoms with Gasteiger partial charge in [-0.25, -0.2) is 0 Å². The van der Waals surface area contributed by atoms with Crippen molar-refractivity contribution in [1.29, 1.82) is 0 Å². The molecule has 1 spiro atoms. The summed E-state index contributed by atoms with van der Waals surface area (Å²) >= 11 is 0. The van der Waals surface area contributed by atoms with Gasteiger partial charge in [0.1, 0.15) is 11.7 Å². The number of ether oxygens (including phenoxy) is 1. The van der Waals surface area contributed by atoms with Crippen LogP contribution in [-0.4, -0.2) is 33.2 Å². The van der Waals surface area contributed by atoms with Gasteiger partial charge in [-0.05, 0) is 80.2 Å². The molecule has 4 aliphatic carbocycles. The second-order valence-electron chi connectivity index (χ2n) is 11.2. The Labute approximate surface area is 173 Å². The number of Topliss-reactive ketones (excluding diaryl/α,β-unsaturated/α-hetero) is 1. The minimum atomic E-state index is -0.659. The Bertz CT molecular complexity index is 857. The van der Waals surface area contributed by atoms with E-state index in [2.05, 4.69) is 24.9 Å². The molecule has 0 amide bonds. The standard InChI is InChI=1S/C25H33NO3/c1-22-10-7-19-17(6-13-25-21(29-25)20(27)9-11-23(19,25)2)18(22)8-12-24(22,28)15-16-5-3-4-14-26-16/h3-5,14,17-19,21,28H,6-13,15H2,1-2H3/t17-,18-,19-,21+,22-,23+,24+,25+/m0/s1. The van der Waals surface area contributed by atoms with Gasteiger partial charge in [0.15, 0.2) is 5.78 Å². The molecule has 8 atom stereocenters. The highest BCUT2D eigenvalue weighted by Crippen LogP contribution is 2.73. The van der Waals surface area contributed by atoms with Crippen LogP contribution in [0.15, 0.2) is 24.4 Å². The molecule has 5 fully saturated rings. The van der Waals surface area contributed by atoms with Gasteiger partial charge in [-0.1, -0.05) is 19.9 Å². The maximum Gasteiger partial charge on any atom is 0.164 e. The van der Waals surface area contributed by atoms with Gasteiger partial charge in [0.25, 0.3) is 0 Å². The smallest absolute Gasteiger partial charge is 0.164 e. The Hall–Kier alpha value is -1.26. The van der Waals surface area contributed by atoms with Crippen molar-refractivity contribution in [1.82, 2.24) is 4.98 Å². The Kier molecular flexibility index (Phi) is 3.64. The third-order valence-corrected chi connectivity index (χ3v) is 10.5. The summed E-state index contributed by atoms with van der Waals surface area (Å²) in [7, 11) is 0. The second kappa shape index (κ2) is 5.70. The van der Waals surface area contributed by atoms with E-state index < -0.39 is 5.60 Å². The number of epoxide rings is 1. The van der Waals surface area contributed by atoms with Gasteiger partial charge in [-0.3, -0.25) is 9.78 Å². The van der Waals surface area contributed by atoms with Crippen molar-refractivity contribution in [3.8, 4) is 0 Å². The summed E-state index contributed by atoms with van der Waals surface area (Å²) in [4.78, 5) is 16.8. The number of carbonyl (C=O) groups is 1. The zero-order valence-corrected chi connectivity index (χ0v) is 17.7. The fourth-order valence-electron chi connectivity index (χ4n) is 8.70. The van der Waals surface area contributed by atoms with Crippen molar-refractivity contribution in [3.63, 3.8) is 0 Å². The van der Waals surface area contributed by atoms with Crippen LogP contribution in [0.2, 0.25) is 0 Å². The quantitative estimate of drug-likeness (QED) is 0.766. The van der Waals surface area contributed by atoms with E-state index in [1.54, 1.807) is 0 Å². The molecule has 2 heterocycles. The second-order valence-corrected chi connectivity index (χ2v) is 11.2. The van der Waals surface area contributed by atoms with Crippen molar-refractivity contribution in [2.24, 2.45) is 28.6 Å². The minimum absolute atomic E-state index is 0.0408. The van der Waals surface area contributed by atoms with Crippen molar-refractivity contribution < 1.29 is 14.6 Å². The van der Waals surface area contributed by atoms with E-state index >= 15 is 0 Å². The number of rotatable bonds is 2. The van der Waals surface area contributed by atoms with E-state index in [0.717, 1.165) is 50.6 Å². The Morgan fingerprint density at radius 3 is 2.66 bits per heavy atom. The molecule has 156 valence electrons. The third kappa shape index (κ3) is 2.18. The summed E-state index contributed by atoms with van der Waals surface area (Å²) in [6.45, 7) is 4.78. The predicted molar refractivity (Wildman–Crippen MR) is 109 cm³/mol. The first kappa shape index (κ1) is 18.5. The lowest BCUT2D eigenvalue weighted by molar-refractivity contribution is -0.153. The molecule has 1 saturated heterocycles. The highest BCUT2D eigenvalue weighted by Gasteiger charge is 2.77. The van der Waals surface area contributed by atoms with E-state index in [-0.39, 0.29) is 22.5 Å². The highest BCUT2D eigenvalue weighted by atomic mass is 16.6. The van der Waals surface area contributed by atoms with Crippen LogP contribution in [0.5, 0.6) is 0 Å². The molecule has 0 aromatic carbocycles.